The molecule has 35 heavy (non-hydrogen) atoms. The number of pyridine rings is 1. The minimum Gasteiger partial charge on any atom is -0.350 e. The highest BCUT2D eigenvalue weighted by molar-refractivity contribution is 6.30. The molecule has 0 radical (unpaired) electrons. The van der Waals surface area contributed by atoms with E-state index in [1.54, 1.807) is 40.0 Å². The summed E-state index contributed by atoms with van der Waals surface area (Å²) in [5.74, 6) is -0.619. The van der Waals surface area contributed by atoms with Gasteiger partial charge in [-0.05, 0) is 61.1 Å². The Morgan fingerprint density at radius 3 is 2.83 bits per heavy atom. The third kappa shape index (κ3) is 5.82. The largest absolute Gasteiger partial charge is 0.350 e. The summed E-state index contributed by atoms with van der Waals surface area (Å²) in [6, 6.07) is 6.90. The van der Waals surface area contributed by atoms with Gasteiger partial charge in [0.25, 0.3) is 5.91 Å². The normalized spacial score (nSPS) is 19.2. The zero-order valence-corrected chi connectivity index (χ0v) is 20.7. The number of nitrogens with one attached hydrogen (secondary N) is 1. The van der Waals surface area contributed by atoms with E-state index in [9.17, 15) is 14.0 Å². The fraction of sp³-hybridized carbons (Fsp3) is 0.423. The van der Waals surface area contributed by atoms with Crippen molar-refractivity contribution in [3.05, 3.63) is 71.0 Å². The van der Waals surface area contributed by atoms with Crippen LogP contribution in [0.1, 0.15) is 54.9 Å². The SMILES string of the molecule is CC(C)CC[C@@H](N)C(=O)N[C@@H]1CN(C(=O)c2cccn3cncc23)CC[C@H]1c1cc(F)cc(Cl)c1. The van der Waals surface area contributed by atoms with Crippen LogP contribution in [-0.4, -0.2) is 51.3 Å². The number of imidazole rings is 1. The Bertz CT molecular complexity index is 1190. The molecule has 3 N–H and O–H groups in total. The second-order valence-electron chi connectivity index (χ2n) is 9.65. The van der Waals surface area contributed by atoms with Crippen LogP contribution in [0.4, 0.5) is 4.39 Å². The van der Waals surface area contributed by atoms with Gasteiger partial charge in [-0.1, -0.05) is 25.4 Å². The molecule has 2 aromatic heterocycles. The van der Waals surface area contributed by atoms with Gasteiger partial charge in [-0.2, -0.15) is 0 Å². The first kappa shape index (κ1) is 25.1. The van der Waals surface area contributed by atoms with Gasteiger partial charge in [-0.15, -0.1) is 0 Å². The molecule has 1 saturated heterocycles. The van der Waals surface area contributed by atoms with Crippen LogP contribution in [0.25, 0.3) is 5.52 Å². The highest BCUT2D eigenvalue weighted by atomic mass is 35.5. The van der Waals surface area contributed by atoms with Crippen molar-refractivity contribution in [1.29, 1.82) is 0 Å². The maximum absolute atomic E-state index is 14.2. The van der Waals surface area contributed by atoms with Crippen LogP contribution in [0, 0.1) is 11.7 Å². The van der Waals surface area contributed by atoms with Crippen molar-refractivity contribution >= 4 is 28.9 Å². The van der Waals surface area contributed by atoms with Crippen molar-refractivity contribution in [2.24, 2.45) is 11.7 Å². The molecule has 4 rings (SSSR count). The van der Waals surface area contributed by atoms with Crippen molar-refractivity contribution < 1.29 is 14.0 Å². The van der Waals surface area contributed by atoms with E-state index in [1.165, 1.54) is 12.1 Å². The van der Waals surface area contributed by atoms with Gasteiger partial charge in [0.05, 0.1) is 35.7 Å². The standard InChI is InChI=1S/C26H31ClFN5O2/c1-16(2)5-6-22(29)25(34)31-23-14-32(9-7-20(23)17-10-18(27)12-19(28)11-17)26(35)21-4-3-8-33-15-30-13-24(21)33/h3-4,8,10-13,15-16,20,22-23H,5-7,9,14,29H2,1-2H3,(H,31,34)/t20-,22+,23+/m0/s1. The van der Waals surface area contributed by atoms with Gasteiger partial charge < -0.3 is 20.4 Å². The average Bonchev–Trinajstić information content (AvgIpc) is 3.30. The van der Waals surface area contributed by atoms with Crippen LogP contribution >= 0.6 is 11.6 Å². The van der Waals surface area contributed by atoms with Crippen molar-refractivity contribution in [3.8, 4) is 0 Å². The highest BCUT2D eigenvalue weighted by Gasteiger charge is 2.35. The molecule has 0 unspecified atom stereocenters. The number of fused-ring (bicyclic) bond motifs is 1. The number of nitrogens with two attached hydrogens (primary N) is 1. The Hall–Kier alpha value is -2.97. The van der Waals surface area contributed by atoms with E-state index in [1.807, 2.05) is 6.20 Å². The van der Waals surface area contributed by atoms with E-state index >= 15 is 0 Å². The lowest BCUT2D eigenvalue weighted by Gasteiger charge is -2.39. The summed E-state index contributed by atoms with van der Waals surface area (Å²) >= 11 is 6.13. The number of halogens is 2. The summed E-state index contributed by atoms with van der Waals surface area (Å²) in [4.78, 5) is 32.3. The molecule has 0 spiro atoms. The minimum absolute atomic E-state index is 0.143. The first-order valence-electron chi connectivity index (χ1n) is 11.9. The van der Waals surface area contributed by atoms with E-state index in [4.69, 9.17) is 17.3 Å². The zero-order valence-electron chi connectivity index (χ0n) is 20.0. The van der Waals surface area contributed by atoms with Crippen molar-refractivity contribution in [2.45, 2.75) is 51.1 Å². The fourth-order valence-electron chi connectivity index (χ4n) is 4.71. The van der Waals surface area contributed by atoms with Crippen LogP contribution in [0.3, 0.4) is 0 Å². The summed E-state index contributed by atoms with van der Waals surface area (Å²) < 4.78 is 15.9. The Morgan fingerprint density at radius 2 is 2.09 bits per heavy atom. The lowest BCUT2D eigenvalue weighted by Crippen LogP contribution is -2.56. The highest BCUT2D eigenvalue weighted by Crippen LogP contribution is 2.32. The number of nitrogens with zero attached hydrogens (tertiary/aromatic N) is 3. The molecule has 1 aliphatic rings. The Labute approximate surface area is 209 Å². The van der Waals surface area contributed by atoms with Gasteiger partial charge in [0.2, 0.25) is 5.91 Å². The molecule has 2 amide bonds. The number of aromatic nitrogens is 2. The number of carbonyl (C=O) groups excluding carboxylic acids is 2. The Balaban J connectivity index is 1.58. The second kappa shape index (κ2) is 10.7. The minimum atomic E-state index is -0.652. The quantitative estimate of drug-likeness (QED) is 0.514. The van der Waals surface area contributed by atoms with E-state index in [0.717, 1.165) is 6.42 Å². The predicted molar refractivity (Wildman–Crippen MR) is 134 cm³/mol. The molecule has 1 fully saturated rings. The van der Waals surface area contributed by atoms with Gasteiger partial charge in [-0.25, -0.2) is 9.37 Å². The van der Waals surface area contributed by atoms with Crippen molar-refractivity contribution in [3.63, 3.8) is 0 Å². The van der Waals surface area contributed by atoms with Crippen LogP contribution in [0.15, 0.2) is 49.1 Å². The molecular formula is C26H31ClFN5O2. The fourth-order valence-corrected chi connectivity index (χ4v) is 4.94. The molecule has 9 heteroatoms. The van der Waals surface area contributed by atoms with Crippen LogP contribution < -0.4 is 11.1 Å². The van der Waals surface area contributed by atoms with E-state index in [0.29, 0.717) is 47.0 Å². The predicted octanol–water partition coefficient (Wildman–Crippen LogP) is 4.00. The first-order chi connectivity index (χ1) is 16.7. The summed E-state index contributed by atoms with van der Waals surface area (Å²) in [6.45, 7) is 4.90. The van der Waals surface area contributed by atoms with Crippen molar-refractivity contribution in [1.82, 2.24) is 19.6 Å². The van der Waals surface area contributed by atoms with E-state index < -0.39 is 17.9 Å². The summed E-state index contributed by atoms with van der Waals surface area (Å²) in [7, 11) is 0. The monoisotopic (exact) mass is 499 g/mol. The molecule has 7 nitrogen and oxygen atoms in total. The summed E-state index contributed by atoms with van der Waals surface area (Å²) in [6.07, 6.45) is 7.08. The van der Waals surface area contributed by atoms with E-state index in [-0.39, 0.29) is 24.3 Å². The molecule has 3 atom stereocenters. The third-order valence-corrected chi connectivity index (χ3v) is 6.83. The molecule has 1 aliphatic heterocycles. The number of amides is 2. The number of hydrogen-bond acceptors (Lipinski definition) is 4. The molecule has 3 heterocycles. The molecule has 0 saturated carbocycles. The van der Waals surface area contributed by atoms with Crippen LogP contribution in [-0.2, 0) is 4.79 Å². The van der Waals surface area contributed by atoms with Crippen LogP contribution in [0.5, 0.6) is 0 Å². The molecule has 3 aromatic rings. The maximum atomic E-state index is 14.2. The number of rotatable bonds is 7. The van der Waals surface area contributed by atoms with Gasteiger partial charge >= 0.3 is 0 Å². The first-order valence-corrected chi connectivity index (χ1v) is 12.3. The molecule has 186 valence electrons. The third-order valence-electron chi connectivity index (χ3n) is 6.61. The molecule has 1 aromatic carbocycles. The topological polar surface area (TPSA) is 92.7 Å². The van der Waals surface area contributed by atoms with E-state index in [2.05, 4.69) is 24.1 Å². The maximum Gasteiger partial charge on any atom is 0.256 e. The Morgan fingerprint density at radius 1 is 1.29 bits per heavy atom. The number of benzene rings is 1. The van der Waals surface area contributed by atoms with Crippen molar-refractivity contribution in [2.75, 3.05) is 13.1 Å². The lowest BCUT2D eigenvalue weighted by molar-refractivity contribution is -0.123. The number of piperidine rings is 1. The zero-order chi connectivity index (χ0) is 25.1. The number of likely N-dealkylation sites (tertiary alicyclic amines) is 1. The average molecular weight is 500 g/mol. The van der Waals surface area contributed by atoms with Gasteiger partial charge in [0.15, 0.2) is 0 Å². The second-order valence-corrected chi connectivity index (χ2v) is 10.1. The molecule has 0 aliphatic carbocycles. The van der Waals surface area contributed by atoms with Gasteiger partial charge in [0, 0.05) is 30.2 Å². The van der Waals surface area contributed by atoms with Crippen LogP contribution in [0.2, 0.25) is 5.02 Å². The Kier molecular flexibility index (Phi) is 7.72. The number of hydrogen-bond donors (Lipinski definition) is 2. The van der Waals surface area contributed by atoms with Gasteiger partial charge in [0.1, 0.15) is 5.82 Å². The molecule has 0 bridgehead atoms. The molecular weight excluding hydrogens is 469 g/mol. The summed E-state index contributed by atoms with van der Waals surface area (Å²) in [5, 5.41) is 3.35. The van der Waals surface area contributed by atoms with Gasteiger partial charge in [-0.3, -0.25) is 9.59 Å². The lowest BCUT2D eigenvalue weighted by atomic mass is 9.84. The summed E-state index contributed by atoms with van der Waals surface area (Å²) in [5.41, 5.74) is 8.12. The number of carbonyl (C=O) groups is 2. The smallest absolute Gasteiger partial charge is 0.256 e.